The van der Waals surface area contributed by atoms with Gasteiger partial charge in [0.05, 0.1) is 22.5 Å². The second-order valence-corrected chi connectivity index (χ2v) is 4.38. The summed E-state index contributed by atoms with van der Waals surface area (Å²) in [7, 11) is 1.90. The minimum absolute atomic E-state index is 0.263. The Morgan fingerprint density at radius 2 is 2.25 bits per heavy atom. The van der Waals surface area contributed by atoms with Gasteiger partial charge in [0.1, 0.15) is 0 Å². The first-order valence-electron chi connectivity index (χ1n) is 5.65. The van der Waals surface area contributed by atoms with E-state index in [4.69, 9.17) is 16.7 Å². The first kappa shape index (κ1) is 13.5. The van der Waals surface area contributed by atoms with E-state index in [1.165, 1.54) is 0 Å². The Bertz CT molecular complexity index is 336. The minimum Gasteiger partial charge on any atom is -0.393 e. The normalized spacial score (nSPS) is 13.1. The van der Waals surface area contributed by atoms with Crippen LogP contribution in [0.2, 0.25) is 5.02 Å². The Balaban J connectivity index is 2.50. The lowest BCUT2D eigenvalue weighted by Crippen LogP contribution is -2.20. The summed E-state index contributed by atoms with van der Waals surface area (Å²) in [5.74, 6) is 0. The van der Waals surface area contributed by atoms with E-state index < -0.39 is 0 Å². The molecule has 0 aliphatic heterocycles. The topological polar surface area (TPSA) is 50.1 Å². The zero-order valence-corrected chi connectivity index (χ0v) is 10.9. The number of aromatic nitrogens is 2. The number of aliphatic hydroxyl groups excluding tert-OH is 1. The highest BCUT2D eigenvalue weighted by Gasteiger charge is 2.11. The van der Waals surface area contributed by atoms with Gasteiger partial charge in [0.25, 0.3) is 0 Å². The van der Waals surface area contributed by atoms with Crippen LogP contribution in [-0.4, -0.2) is 27.5 Å². The molecule has 1 aromatic rings. The molecule has 92 valence electrons. The fraction of sp³-hybridized carbons (Fsp3) is 0.727. The van der Waals surface area contributed by atoms with Crippen molar-refractivity contribution >= 4 is 11.6 Å². The molecule has 1 heterocycles. The summed E-state index contributed by atoms with van der Waals surface area (Å²) in [4.78, 5) is 0. The summed E-state index contributed by atoms with van der Waals surface area (Å²) in [6, 6.07) is 0. The van der Waals surface area contributed by atoms with E-state index in [1.54, 1.807) is 6.92 Å². The molecule has 0 aliphatic rings. The molecule has 1 rings (SSSR count). The molecule has 2 N–H and O–H groups in total. The van der Waals surface area contributed by atoms with Gasteiger partial charge in [0.2, 0.25) is 0 Å². The summed E-state index contributed by atoms with van der Waals surface area (Å²) in [6.07, 6.45) is 1.33. The van der Waals surface area contributed by atoms with Gasteiger partial charge < -0.3 is 10.4 Å². The highest BCUT2D eigenvalue weighted by Crippen LogP contribution is 2.20. The van der Waals surface area contributed by atoms with Crippen LogP contribution in [0, 0.1) is 0 Å². The number of nitrogens with zero attached hydrogens (tertiary/aromatic N) is 2. The van der Waals surface area contributed by atoms with E-state index in [9.17, 15) is 0 Å². The van der Waals surface area contributed by atoms with Crippen molar-refractivity contribution in [1.29, 1.82) is 0 Å². The first-order chi connectivity index (χ1) is 7.56. The van der Waals surface area contributed by atoms with Gasteiger partial charge in [-0.1, -0.05) is 18.5 Å². The third-order valence-electron chi connectivity index (χ3n) is 2.53. The van der Waals surface area contributed by atoms with Gasteiger partial charge in [0.15, 0.2) is 0 Å². The predicted molar refractivity (Wildman–Crippen MR) is 65.6 cm³/mol. The monoisotopic (exact) mass is 245 g/mol. The number of aryl methyl sites for hydroxylation is 2. The maximum absolute atomic E-state index is 9.12. The van der Waals surface area contributed by atoms with Gasteiger partial charge in [-0.15, -0.1) is 0 Å². The van der Waals surface area contributed by atoms with E-state index in [2.05, 4.69) is 10.4 Å². The van der Waals surface area contributed by atoms with E-state index in [-0.39, 0.29) is 6.10 Å². The summed E-state index contributed by atoms with van der Waals surface area (Å²) >= 11 is 6.20. The van der Waals surface area contributed by atoms with Crippen LogP contribution in [0.3, 0.4) is 0 Å². The molecular formula is C11H20ClN3O. The Labute approximate surface area is 102 Å². The lowest BCUT2D eigenvalue weighted by Gasteiger charge is -2.07. The molecule has 4 nitrogen and oxygen atoms in total. The van der Waals surface area contributed by atoms with Crippen molar-refractivity contribution in [2.24, 2.45) is 7.05 Å². The van der Waals surface area contributed by atoms with Gasteiger partial charge in [-0.2, -0.15) is 5.10 Å². The molecular weight excluding hydrogens is 226 g/mol. The average molecular weight is 246 g/mol. The molecule has 0 saturated carbocycles. The molecule has 0 fully saturated rings. The largest absolute Gasteiger partial charge is 0.393 e. The van der Waals surface area contributed by atoms with Gasteiger partial charge >= 0.3 is 0 Å². The quantitative estimate of drug-likeness (QED) is 0.747. The number of hydrogen-bond acceptors (Lipinski definition) is 3. The first-order valence-corrected chi connectivity index (χ1v) is 6.03. The Morgan fingerprint density at radius 1 is 1.56 bits per heavy atom. The average Bonchev–Trinajstić information content (AvgIpc) is 2.50. The predicted octanol–water partition coefficient (Wildman–Crippen LogP) is 1.50. The Kier molecular flexibility index (Phi) is 5.25. The SMILES string of the molecule is CCc1nn(C)c(CNCCC(C)O)c1Cl. The summed E-state index contributed by atoms with van der Waals surface area (Å²) in [6.45, 7) is 5.29. The second kappa shape index (κ2) is 6.23. The molecule has 0 amide bonds. The molecule has 0 radical (unpaired) electrons. The van der Waals surface area contributed by atoms with E-state index in [0.29, 0.717) is 6.54 Å². The van der Waals surface area contributed by atoms with Crippen molar-refractivity contribution < 1.29 is 5.11 Å². The zero-order valence-electron chi connectivity index (χ0n) is 10.1. The van der Waals surface area contributed by atoms with Crippen LogP contribution in [0.4, 0.5) is 0 Å². The maximum Gasteiger partial charge on any atom is 0.0863 e. The lowest BCUT2D eigenvalue weighted by molar-refractivity contribution is 0.183. The van der Waals surface area contributed by atoms with Crippen LogP contribution >= 0.6 is 11.6 Å². The Morgan fingerprint density at radius 3 is 2.75 bits per heavy atom. The molecule has 0 aromatic carbocycles. The fourth-order valence-electron chi connectivity index (χ4n) is 1.53. The summed E-state index contributed by atoms with van der Waals surface area (Å²) < 4.78 is 1.82. The lowest BCUT2D eigenvalue weighted by atomic mass is 10.2. The molecule has 0 bridgehead atoms. The van der Waals surface area contributed by atoms with Crippen LogP contribution in [0.15, 0.2) is 0 Å². The molecule has 0 aliphatic carbocycles. The Hall–Kier alpha value is -0.580. The van der Waals surface area contributed by atoms with Crippen LogP contribution < -0.4 is 5.32 Å². The number of rotatable bonds is 6. The van der Waals surface area contributed by atoms with Gasteiger partial charge in [-0.05, 0) is 26.3 Å². The van der Waals surface area contributed by atoms with Crippen molar-refractivity contribution in [1.82, 2.24) is 15.1 Å². The number of halogens is 1. The van der Waals surface area contributed by atoms with Crippen molar-refractivity contribution in [3.05, 3.63) is 16.4 Å². The van der Waals surface area contributed by atoms with E-state index in [0.717, 1.165) is 35.8 Å². The van der Waals surface area contributed by atoms with Crippen molar-refractivity contribution in [3.63, 3.8) is 0 Å². The van der Waals surface area contributed by atoms with Gasteiger partial charge in [-0.25, -0.2) is 0 Å². The highest BCUT2D eigenvalue weighted by atomic mass is 35.5. The molecule has 0 spiro atoms. The maximum atomic E-state index is 9.12. The number of aliphatic hydroxyl groups is 1. The molecule has 1 atom stereocenters. The third kappa shape index (κ3) is 3.47. The van der Waals surface area contributed by atoms with Crippen molar-refractivity contribution in [2.75, 3.05) is 6.54 Å². The van der Waals surface area contributed by atoms with Crippen molar-refractivity contribution in [3.8, 4) is 0 Å². The van der Waals surface area contributed by atoms with E-state index >= 15 is 0 Å². The van der Waals surface area contributed by atoms with Gasteiger partial charge in [0, 0.05) is 13.6 Å². The number of hydrogen-bond donors (Lipinski definition) is 2. The zero-order chi connectivity index (χ0) is 12.1. The smallest absolute Gasteiger partial charge is 0.0863 e. The molecule has 5 heteroatoms. The van der Waals surface area contributed by atoms with Crippen molar-refractivity contribution in [2.45, 2.75) is 39.3 Å². The molecule has 1 unspecified atom stereocenters. The van der Waals surface area contributed by atoms with Crippen LogP contribution in [0.5, 0.6) is 0 Å². The molecule has 16 heavy (non-hydrogen) atoms. The number of nitrogens with one attached hydrogen (secondary N) is 1. The van der Waals surface area contributed by atoms with Crippen LogP contribution in [0.1, 0.15) is 31.7 Å². The minimum atomic E-state index is -0.263. The summed E-state index contributed by atoms with van der Waals surface area (Å²) in [5.41, 5.74) is 1.95. The fourth-order valence-corrected chi connectivity index (χ4v) is 1.89. The third-order valence-corrected chi connectivity index (χ3v) is 2.97. The van der Waals surface area contributed by atoms with E-state index in [1.807, 2.05) is 18.7 Å². The van der Waals surface area contributed by atoms with Crippen LogP contribution in [0.25, 0.3) is 0 Å². The van der Waals surface area contributed by atoms with Crippen LogP contribution in [-0.2, 0) is 20.0 Å². The molecule has 1 aromatic heterocycles. The molecule has 0 saturated heterocycles. The second-order valence-electron chi connectivity index (χ2n) is 4.00. The standard InChI is InChI=1S/C11H20ClN3O/c1-4-9-11(12)10(15(3)14-9)7-13-6-5-8(2)16/h8,13,16H,4-7H2,1-3H3. The summed E-state index contributed by atoms with van der Waals surface area (Å²) in [5, 5.41) is 17.5. The highest BCUT2D eigenvalue weighted by molar-refractivity contribution is 6.31. The van der Waals surface area contributed by atoms with Gasteiger partial charge in [-0.3, -0.25) is 4.68 Å².